The van der Waals surface area contributed by atoms with Crippen molar-refractivity contribution in [2.24, 2.45) is 5.84 Å². The summed E-state index contributed by atoms with van der Waals surface area (Å²) in [5.41, 5.74) is 2.83. The van der Waals surface area contributed by atoms with E-state index in [1.54, 1.807) is 25.1 Å². The Hall–Kier alpha value is -2.34. The molecule has 2 aromatic rings. The molecule has 0 spiro atoms. The molecule has 0 aliphatic carbocycles. The molecule has 6 nitrogen and oxygen atoms in total. The smallest absolute Gasteiger partial charge is 0.336 e. The molecule has 3 N–H and O–H groups in total. The van der Waals surface area contributed by atoms with Gasteiger partial charge in [0.2, 0.25) is 0 Å². The summed E-state index contributed by atoms with van der Waals surface area (Å²) in [6, 6.07) is 6.48. The molecule has 0 aliphatic rings. The summed E-state index contributed by atoms with van der Waals surface area (Å²) in [6.07, 6.45) is -0.737. The molecule has 19 heavy (non-hydrogen) atoms. The van der Waals surface area contributed by atoms with Gasteiger partial charge in [0.15, 0.2) is 6.10 Å². The summed E-state index contributed by atoms with van der Waals surface area (Å²) in [4.78, 5) is 22.6. The van der Waals surface area contributed by atoms with Gasteiger partial charge in [0.1, 0.15) is 11.3 Å². The fourth-order valence-electron chi connectivity index (χ4n) is 1.75. The molecule has 0 bridgehead atoms. The van der Waals surface area contributed by atoms with Crippen LogP contribution >= 0.6 is 0 Å². The molecule has 0 saturated carbocycles. The van der Waals surface area contributed by atoms with E-state index in [9.17, 15) is 9.59 Å². The van der Waals surface area contributed by atoms with Gasteiger partial charge in [0, 0.05) is 17.5 Å². The average molecular weight is 262 g/mol. The third kappa shape index (κ3) is 2.74. The highest BCUT2D eigenvalue weighted by atomic mass is 16.5. The Balaban J connectivity index is 2.36. The second-order valence-corrected chi connectivity index (χ2v) is 4.18. The molecule has 0 radical (unpaired) electrons. The lowest BCUT2D eigenvalue weighted by molar-refractivity contribution is -0.127. The van der Waals surface area contributed by atoms with Crippen molar-refractivity contribution in [3.63, 3.8) is 0 Å². The van der Waals surface area contributed by atoms with Gasteiger partial charge in [0.25, 0.3) is 5.91 Å². The fraction of sp³-hybridized carbons (Fsp3) is 0.231. The molecule has 1 amide bonds. The van der Waals surface area contributed by atoms with Gasteiger partial charge in [-0.2, -0.15) is 0 Å². The Labute approximate surface area is 109 Å². The van der Waals surface area contributed by atoms with Crippen LogP contribution in [0.25, 0.3) is 11.0 Å². The molecule has 0 fully saturated rings. The Kier molecular flexibility index (Phi) is 3.52. The highest BCUT2D eigenvalue weighted by Gasteiger charge is 2.13. The number of ether oxygens (including phenoxy) is 1. The van der Waals surface area contributed by atoms with Crippen LogP contribution in [0.1, 0.15) is 12.5 Å². The number of nitrogens with one attached hydrogen (secondary N) is 1. The molecule has 1 heterocycles. The maximum absolute atomic E-state index is 11.3. The van der Waals surface area contributed by atoms with E-state index in [1.807, 2.05) is 12.3 Å². The van der Waals surface area contributed by atoms with Gasteiger partial charge in [-0.25, -0.2) is 10.6 Å². The lowest BCUT2D eigenvalue weighted by Crippen LogP contribution is -2.40. The minimum Gasteiger partial charge on any atom is -0.481 e. The first-order valence-electron chi connectivity index (χ1n) is 5.73. The van der Waals surface area contributed by atoms with E-state index in [4.69, 9.17) is 15.0 Å². The molecule has 1 aromatic heterocycles. The molecule has 1 atom stereocenters. The van der Waals surface area contributed by atoms with Gasteiger partial charge in [0.05, 0.1) is 0 Å². The van der Waals surface area contributed by atoms with E-state index in [0.717, 1.165) is 10.9 Å². The van der Waals surface area contributed by atoms with Gasteiger partial charge >= 0.3 is 5.63 Å². The summed E-state index contributed by atoms with van der Waals surface area (Å²) in [6.45, 7) is 3.39. The van der Waals surface area contributed by atoms with Crippen LogP contribution in [0.4, 0.5) is 0 Å². The van der Waals surface area contributed by atoms with Crippen molar-refractivity contribution in [3.05, 3.63) is 40.2 Å². The number of aryl methyl sites for hydroxylation is 1. The number of carbonyl (C=O) groups excluding carboxylic acids is 1. The van der Waals surface area contributed by atoms with Crippen molar-refractivity contribution in [1.29, 1.82) is 0 Å². The van der Waals surface area contributed by atoms with Crippen molar-refractivity contribution < 1.29 is 13.9 Å². The number of hydrazine groups is 1. The zero-order chi connectivity index (χ0) is 14.0. The van der Waals surface area contributed by atoms with Gasteiger partial charge in [-0.3, -0.25) is 10.2 Å². The van der Waals surface area contributed by atoms with E-state index in [2.05, 4.69) is 0 Å². The maximum atomic E-state index is 11.3. The zero-order valence-electron chi connectivity index (χ0n) is 10.6. The second kappa shape index (κ2) is 5.11. The summed E-state index contributed by atoms with van der Waals surface area (Å²) in [5.74, 6) is 5.01. The van der Waals surface area contributed by atoms with Crippen LogP contribution in [0.15, 0.2) is 33.5 Å². The number of hydrogen-bond acceptors (Lipinski definition) is 5. The van der Waals surface area contributed by atoms with E-state index < -0.39 is 17.6 Å². The maximum Gasteiger partial charge on any atom is 0.336 e. The second-order valence-electron chi connectivity index (χ2n) is 4.18. The summed E-state index contributed by atoms with van der Waals surface area (Å²) in [5, 5.41) is 0.822. The van der Waals surface area contributed by atoms with Gasteiger partial charge in [-0.05, 0) is 31.5 Å². The highest BCUT2D eigenvalue weighted by molar-refractivity contribution is 5.82. The number of hydrogen-bond donors (Lipinski definition) is 2. The average Bonchev–Trinajstić information content (AvgIpc) is 2.36. The number of benzene rings is 1. The van der Waals surface area contributed by atoms with E-state index in [0.29, 0.717) is 11.3 Å². The van der Waals surface area contributed by atoms with Gasteiger partial charge < -0.3 is 9.15 Å². The minimum absolute atomic E-state index is 0.419. The molecule has 1 aromatic carbocycles. The third-order valence-electron chi connectivity index (χ3n) is 2.75. The first-order valence-corrected chi connectivity index (χ1v) is 5.73. The van der Waals surface area contributed by atoms with Gasteiger partial charge in [-0.1, -0.05) is 0 Å². The Morgan fingerprint density at radius 3 is 2.84 bits per heavy atom. The summed E-state index contributed by atoms with van der Waals surface area (Å²) < 4.78 is 10.5. The standard InChI is InChI=1S/C13H14N2O4/c1-7-5-12(16)19-11-6-9(3-4-10(7)11)18-8(2)13(17)15-14/h3-6,8H,14H2,1-2H3,(H,15,17). The number of rotatable bonds is 3. The third-order valence-corrected chi connectivity index (χ3v) is 2.75. The number of carbonyl (C=O) groups is 1. The largest absolute Gasteiger partial charge is 0.481 e. The van der Waals surface area contributed by atoms with Crippen molar-refractivity contribution >= 4 is 16.9 Å². The lowest BCUT2D eigenvalue weighted by atomic mass is 10.1. The van der Waals surface area contributed by atoms with E-state index in [1.165, 1.54) is 6.07 Å². The zero-order valence-corrected chi connectivity index (χ0v) is 10.6. The van der Waals surface area contributed by atoms with Crippen molar-refractivity contribution in [1.82, 2.24) is 5.43 Å². The number of amides is 1. The van der Waals surface area contributed by atoms with Crippen LogP contribution in [0.3, 0.4) is 0 Å². The molecule has 0 aliphatic heterocycles. The van der Waals surface area contributed by atoms with Crippen molar-refractivity contribution in [3.8, 4) is 5.75 Å². The minimum atomic E-state index is -0.737. The lowest BCUT2D eigenvalue weighted by Gasteiger charge is -2.13. The summed E-state index contributed by atoms with van der Waals surface area (Å²) >= 11 is 0. The number of nitrogens with two attached hydrogens (primary N) is 1. The Morgan fingerprint density at radius 2 is 2.16 bits per heavy atom. The predicted molar refractivity (Wildman–Crippen MR) is 69.6 cm³/mol. The van der Waals surface area contributed by atoms with E-state index >= 15 is 0 Å². The quantitative estimate of drug-likeness (QED) is 0.370. The van der Waals surface area contributed by atoms with Gasteiger partial charge in [-0.15, -0.1) is 0 Å². The van der Waals surface area contributed by atoms with Crippen LogP contribution in [-0.4, -0.2) is 12.0 Å². The first-order chi connectivity index (χ1) is 9.01. The molecule has 2 rings (SSSR count). The van der Waals surface area contributed by atoms with Crippen molar-refractivity contribution in [2.45, 2.75) is 20.0 Å². The molecule has 100 valence electrons. The normalized spacial score (nSPS) is 12.2. The monoisotopic (exact) mass is 262 g/mol. The van der Waals surface area contributed by atoms with E-state index in [-0.39, 0.29) is 0 Å². The topological polar surface area (TPSA) is 94.6 Å². The Morgan fingerprint density at radius 1 is 1.42 bits per heavy atom. The van der Waals surface area contributed by atoms with Crippen molar-refractivity contribution in [2.75, 3.05) is 0 Å². The number of fused-ring (bicyclic) bond motifs is 1. The Bertz CT molecular complexity index is 678. The predicted octanol–water partition coefficient (Wildman–Crippen LogP) is 0.859. The van der Waals surface area contributed by atoms with Crippen LogP contribution in [-0.2, 0) is 4.79 Å². The summed E-state index contributed by atoms with van der Waals surface area (Å²) in [7, 11) is 0. The molecular formula is C13H14N2O4. The highest BCUT2D eigenvalue weighted by Crippen LogP contribution is 2.22. The van der Waals surface area contributed by atoms with Crippen LogP contribution in [0.2, 0.25) is 0 Å². The molecular weight excluding hydrogens is 248 g/mol. The first kappa shape index (κ1) is 13.1. The van der Waals surface area contributed by atoms with Crippen LogP contribution < -0.4 is 21.6 Å². The SMILES string of the molecule is Cc1cc(=O)oc2cc(OC(C)C(=O)NN)ccc12. The molecule has 0 saturated heterocycles. The molecule has 6 heteroatoms. The van der Waals surface area contributed by atoms with Crippen LogP contribution in [0.5, 0.6) is 5.75 Å². The fourth-order valence-corrected chi connectivity index (χ4v) is 1.75. The van der Waals surface area contributed by atoms with Crippen LogP contribution in [0, 0.1) is 6.92 Å². The molecule has 1 unspecified atom stereocenters.